The Morgan fingerprint density at radius 2 is 1.49 bits per heavy atom. The van der Waals surface area contributed by atoms with Gasteiger partial charge in [0.05, 0.1) is 17.3 Å². The van der Waals surface area contributed by atoms with Gasteiger partial charge in [-0.05, 0) is 53.4 Å². The predicted molar refractivity (Wildman–Crippen MR) is 149 cm³/mol. The molecule has 0 aromatic rings. The molecule has 0 saturated carbocycles. The van der Waals surface area contributed by atoms with Crippen LogP contribution in [0.3, 0.4) is 0 Å². The van der Waals surface area contributed by atoms with Crippen molar-refractivity contribution in [3.05, 3.63) is 0 Å². The van der Waals surface area contributed by atoms with Crippen LogP contribution in [0.25, 0.3) is 0 Å². The van der Waals surface area contributed by atoms with E-state index in [-0.39, 0.29) is 47.5 Å². The van der Waals surface area contributed by atoms with E-state index < -0.39 is 28.7 Å². The van der Waals surface area contributed by atoms with Crippen LogP contribution in [0.1, 0.15) is 79.1 Å². The number of ether oxygens (including phenoxy) is 1. The Balaban J connectivity index is 0.000000606. The number of piperidine rings is 2. The maximum absolute atomic E-state index is 11.6. The minimum absolute atomic E-state index is 0. The zero-order valence-corrected chi connectivity index (χ0v) is 25.3. The third-order valence-electron chi connectivity index (χ3n) is 6.47. The Labute approximate surface area is 241 Å². The van der Waals surface area contributed by atoms with Gasteiger partial charge in [-0.2, -0.15) is 0 Å². The Kier molecular flexibility index (Phi) is 16.1. The Bertz CT molecular complexity index is 876. The summed E-state index contributed by atoms with van der Waals surface area (Å²) in [6, 6.07) is 0. The zero-order chi connectivity index (χ0) is 28.9. The van der Waals surface area contributed by atoms with Crippen LogP contribution >= 0.6 is 17.0 Å². The number of rotatable bonds is 8. The first kappa shape index (κ1) is 36.5. The molecule has 0 spiro atoms. The third-order valence-corrected chi connectivity index (χ3v) is 6.47. The molecule has 0 atom stereocenters. The molecule has 3 aliphatic rings. The molecule has 0 aromatic heterocycles. The molecule has 12 nitrogen and oxygen atoms in total. The van der Waals surface area contributed by atoms with Gasteiger partial charge in [0.1, 0.15) is 0 Å². The molecular weight excluding hydrogens is 576 g/mol. The molecule has 3 rings (SSSR count). The zero-order valence-electron chi connectivity index (χ0n) is 23.6. The van der Waals surface area contributed by atoms with Crippen molar-refractivity contribution < 1.29 is 38.6 Å². The summed E-state index contributed by atoms with van der Waals surface area (Å²) in [5.41, 5.74) is 3.68. The number of nitrogens with two attached hydrogens (primary N) is 1. The van der Waals surface area contributed by atoms with E-state index in [9.17, 15) is 28.8 Å². The van der Waals surface area contributed by atoms with E-state index in [0.717, 1.165) is 51.7 Å². The lowest BCUT2D eigenvalue weighted by Gasteiger charge is -2.27. The number of esters is 2. The summed E-state index contributed by atoms with van der Waals surface area (Å²) in [6.45, 7) is 10.3. The molecule has 0 aliphatic carbocycles. The fraction of sp³-hybridized carbons (Fsp3) is 0.769. The monoisotopic (exact) mass is 620 g/mol. The summed E-state index contributed by atoms with van der Waals surface area (Å²) in [5, 5.41) is 11.6. The molecule has 3 heterocycles. The summed E-state index contributed by atoms with van der Waals surface area (Å²) in [6.07, 6.45) is 5.61. The highest BCUT2D eigenvalue weighted by Gasteiger charge is 2.40. The maximum Gasteiger partial charge on any atom is 0.319 e. The second-order valence-corrected chi connectivity index (χ2v) is 11.0. The van der Waals surface area contributed by atoms with E-state index in [4.69, 9.17) is 10.8 Å². The van der Waals surface area contributed by atoms with Crippen LogP contribution in [-0.4, -0.2) is 89.8 Å². The van der Waals surface area contributed by atoms with Crippen LogP contribution in [0.2, 0.25) is 0 Å². The SMILES string of the molecule is Br.CC(C)(CC(=O)NCCN1CCCCC1=O)C(=O)O.CC1(C)CC(=O)OC1=O.NCCN1CCCCC1=O. The van der Waals surface area contributed by atoms with Crippen LogP contribution in [0.4, 0.5) is 0 Å². The number of carbonyl (C=O) groups is 6. The average Bonchev–Trinajstić information content (AvgIpc) is 3.06. The van der Waals surface area contributed by atoms with Crippen molar-refractivity contribution in [1.29, 1.82) is 0 Å². The predicted octanol–water partition coefficient (Wildman–Crippen LogP) is 1.64. The molecule has 39 heavy (non-hydrogen) atoms. The quantitative estimate of drug-likeness (QED) is 0.269. The van der Waals surface area contributed by atoms with Crippen molar-refractivity contribution in [1.82, 2.24) is 15.1 Å². The molecule has 0 bridgehead atoms. The summed E-state index contributed by atoms with van der Waals surface area (Å²) in [7, 11) is 0. The number of carboxylic acid groups (broad SMARTS) is 1. The van der Waals surface area contributed by atoms with Gasteiger partial charge in [0, 0.05) is 58.5 Å². The number of nitrogens with zero attached hydrogens (tertiary/aromatic N) is 2. The van der Waals surface area contributed by atoms with Crippen molar-refractivity contribution in [2.75, 3.05) is 39.3 Å². The summed E-state index contributed by atoms with van der Waals surface area (Å²) in [5.74, 6) is -1.70. The van der Waals surface area contributed by atoms with Gasteiger partial charge in [0.2, 0.25) is 17.7 Å². The highest BCUT2D eigenvalue weighted by atomic mass is 79.9. The molecule has 3 fully saturated rings. The van der Waals surface area contributed by atoms with Crippen molar-refractivity contribution >= 4 is 52.6 Å². The first-order valence-electron chi connectivity index (χ1n) is 13.2. The van der Waals surface area contributed by atoms with Crippen LogP contribution in [0.15, 0.2) is 0 Å². The molecule has 224 valence electrons. The third kappa shape index (κ3) is 13.4. The average molecular weight is 622 g/mol. The smallest absolute Gasteiger partial charge is 0.319 e. The van der Waals surface area contributed by atoms with Gasteiger partial charge in [-0.1, -0.05) is 0 Å². The van der Waals surface area contributed by atoms with E-state index in [1.807, 2.05) is 4.90 Å². The highest BCUT2D eigenvalue weighted by Crippen LogP contribution is 2.28. The number of halogens is 1. The summed E-state index contributed by atoms with van der Waals surface area (Å²) in [4.78, 5) is 69.8. The van der Waals surface area contributed by atoms with E-state index in [1.165, 1.54) is 13.8 Å². The number of aliphatic carboxylic acids is 1. The van der Waals surface area contributed by atoms with Gasteiger partial charge in [-0.25, -0.2) is 0 Å². The van der Waals surface area contributed by atoms with Gasteiger partial charge >= 0.3 is 17.9 Å². The molecule has 13 heteroatoms. The Morgan fingerprint density at radius 1 is 0.974 bits per heavy atom. The Morgan fingerprint density at radius 3 is 1.85 bits per heavy atom. The molecule has 3 saturated heterocycles. The maximum atomic E-state index is 11.6. The molecule has 3 aliphatic heterocycles. The number of carbonyl (C=O) groups excluding carboxylic acids is 5. The second kappa shape index (κ2) is 17.2. The van der Waals surface area contributed by atoms with Gasteiger partial charge in [-0.3, -0.25) is 28.8 Å². The summed E-state index contributed by atoms with van der Waals surface area (Å²) >= 11 is 0. The molecule has 4 N–H and O–H groups in total. The van der Waals surface area contributed by atoms with Gasteiger partial charge in [-0.15, -0.1) is 17.0 Å². The fourth-order valence-corrected chi connectivity index (χ4v) is 3.93. The molecule has 0 radical (unpaired) electrons. The fourth-order valence-electron chi connectivity index (χ4n) is 3.93. The molecule has 0 aromatic carbocycles. The lowest BCUT2D eigenvalue weighted by molar-refractivity contribution is -0.154. The number of hydrogen-bond donors (Lipinski definition) is 3. The van der Waals surface area contributed by atoms with Crippen molar-refractivity contribution in [3.63, 3.8) is 0 Å². The van der Waals surface area contributed by atoms with Crippen molar-refractivity contribution in [3.8, 4) is 0 Å². The van der Waals surface area contributed by atoms with E-state index in [2.05, 4.69) is 10.1 Å². The van der Waals surface area contributed by atoms with Crippen LogP contribution in [0.5, 0.6) is 0 Å². The largest absolute Gasteiger partial charge is 0.481 e. The van der Waals surface area contributed by atoms with Crippen molar-refractivity contribution in [2.45, 2.75) is 79.1 Å². The van der Waals surface area contributed by atoms with E-state index >= 15 is 0 Å². The number of amides is 3. The standard InChI is InChI=1S/C13H22N2O4.C7H14N2O.C6H8O3.BrH/c1-13(2,12(18)19)9-10(16)14-6-8-15-7-4-3-5-11(15)17;8-4-6-9-5-2-1-3-7(9)10;1-6(2)3-4(7)9-5(6)8;/h3-9H2,1-2H3,(H,14,16)(H,18,19);1-6,8H2;3H2,1-2H3;1H. The molecule has 3 amide bonds. The Hall–Kier alpha value is -2.54. The number of likely N-dealkylation sites (tertiary alicyclic amines) is 2. The highest BCUT2D eigenvalue weighted by molar-refractivity contribution is 8.93. The normalized spacial score (nSPS) is 18.6. The number of hydrogen-bond acceptors (Lipinski definition) is 8. The summed E-state index contributed by atoms with van der Waals surface area (Å²) < 4.78 is 4.30. The second-order valence-electron chi connectivity index (χ2n) is 11.0. The topological polar surface area (TPSA) is 176 Å². The minimum Gasteiger partial charge on any atom is -0.481 e. The number of cyclic esters (lactones) is 2. The first-order chi connectivity index (χ1) is 17.7. The van der Waals surface area contributed by atoms with Gasteiger partial charge in [0.25, 0.3) is 0 Å². The van der Waals surface area contributed by atoms with Crippen molar-refractivity contribution in [2.24, 2.45) is 16.6 Å². The van der Waals surface area contributed by atoms with Crippen LogP contribution in [-0.2, 0) is 33.5 Å². The van der Waals surface area contributed by atoms with E-state index in [0.29, 0.717) is 26.1 Å². The number of carboxylic acids is 1. The van der Waals surface area contributed by atoms with Gasteiger partial charge in [0.15, 0.2) is 0 Å². The van der Waals surface area contributed by atoms with Crippen LogP contribution < -0.4 is 11.1 Å². The molecule has 0 unspecified atom stereocenters. The lowest BCUT2D eigenvalue weighted by Crippen LogP contribution is -2.42. The van der Waals surface area contributed by atoms with Crippen LogP contribution in [0, 0.1) is 10.8 Å². The van der Waals surface area contributed by atoms with Gasteiger partial charge < -0.3 is 30.7 Å². The first-order valence-corrected chi connectivity index (χ1v) is 13.2. The lowest BCUT2D eigenvalue weighted by atomic mass is 9.89. The molecular formula is C26H45BrN4O8. The number of nitrogens with one attached hydrogen (secondary N) is 1. The van der Waals surface area contributed by atoms with E-state index in [1.54, 1.807) is 18.7 Å². The minimum atomic E-state index is -1.06.